The number of hydrogen-bond donors (Lipinski definition) is 4. The molecule has 0 radical (unpaired) electrons. The van der Waals surface area contributed by atoms with Gasteiger partial charge in [0, 0.05) is 23.2 Å². The molecule has 1 fully saturated rings. The maximum atomic E-state index is 15.9. The summed E-state index contributed by atoms with van der Waals surface area (Å²) in [5.74, 6) is -0.741. The van der Waals surface area contributed by atoms with Gasteiger partial charge in [-0.15, -0.1) is 9.42 Å². The van der Waals surface area contributed by atoms with Crippen molar-refractivity contribution in [3.8, 4) is 6.07 Å². The fourth-order valence-electron chi connectivity index (χ4n) is 4.83. The Morgan fingerprint density at radius 1 is 1.33 bits per heavy atom. The van der Waals surface area contributed by atoms with Crippen molar-refractivity contribution in [2.75, 3.05) is 25.1 Å². The number of carbonyl (C=O) groups is 1. The van der Waals surface area contributed by atoms with Gasteiger partial charge in [0.25, 0.3) is 5.56 Å². The molecular weight excluding hydrogens is 711 g/mol. The number of ether oxygens (including phenoxy) is 1. The molecule has 0 saturated carbocycles. The molecule has 0 spiro atoms. The lowest BCUT2D eigenvalue weighted by Crippen LogP contribution is -2.31. The number of pyridine rings is 1. The van der Waals surface area contributed by atoms with Crippen LogP contribution in [0.15, 0.2) is 29.6 Å². The molecule has 19 nitrogen and oxygen atoms in total. The van der Waals surface area contributed by atoms with Crippen LogP contribution in [-0.4, -0.2) is 88.2 Å². The molecule has 1 aliphatic heterocycles. The zero-order valence-corrected chi connectivity index (χ0v) is 28.5. The molecule has 0 bridgehead atoms. The molecule has 4 aromatic rings. The average molecular weight is 743 g/mol. The Balaban J connectivity index is 1.35. The largest absolute Gasteiger partial charge is 0.695 e. The molecule has 4 N–H and O–H groups in total. The number of carbonyl (C=O) groups excluding carboxylic acids is 1. The maximum Gasteiger partial charge on any atom is 0.695 e. The first-order valence-electron chi connectivity index (χ1n) is 14.7. The summed E-state index contributed by atoms with van der Waals surface area (Å²) in [6.45, 7) is -1.43. The van der Waals surface area contributed by atoms with Crippen molar-refractivity contribution in [1.29, 1.82) is 5.26 Å². The fourth-order valence-corrected chi connectivity index (χ4v) is 7.06. The van der Waals surface area contributed by atoms with Gasteiger partial charge in [-0.2, -0.15) is 10.2 Å². The Bertz CT molecular complexity index is 1990. The van der Waals surface area contributed by atoms with Gasteiger partial charge in [0.15, 0.2) is 29.7 Å². The van der Waals surface area contributed by atoms with E-state index < -0.39 is 63.6 Å². The Labute approximate surface area is 282 Å². The lowest BCUT2D eigenvalue weighted by Gasteiger charge is -2.24. The summed E-state index contributed by atoms with van der Waals surface area (Å²) in [4.78, 5) is 53.4. The van der Waals surface area contributed by atoms with Crippen LogP contribution in [0.3, 0.4) is 0 Å². The van der Waals surface area contributed by atoms with Crippen molar-refractivity contribution in [3.05, 3.63) is 41.0 Å². The van der Waals surface area contributed by atoms with Crippen molar-refractivity contribution in [1.82, 2.24) is 34.1 Å². The number of hydrogen-bond acceptors (Lipinski definition) is 15. The molecule has 1 aliphatic rings. The molecule has 1 amide bonds. The number of aliphatic hydroxyl groups is 1. The Hall–Kier alpha value is -3.67. The molecule has 4 aromatic heterocycles. The number of fused-ring (bicyclic) bond motifs is 2. The number of nitrogens with zero attached hydrogens (tertiary/aromatic N) is 7. The van der Waals surface area contributed by atoms with E-state index in [0.717, 1.165) is 10.9 Å². The Morgan fingerprint density at radius 3 is 2.82 bits per heavy atom. The Morgan fingerprint density at radius 2 is 2.10 bits per heavy atom. The first-order valence-corrected chi connectivity index (χ1v) is 18.3. The van der Waals surface area contributed by atoms with Gasteiger partial charge < -0.3 is 28.0 Å². The second-order valence-corrected chi connectivity index (χ2v) is 14.4. The van der Waals surface area contributed by atoms with Crippen LogP contribution in [0.5, 0.6) is 0 Å². The van der Waals surface area contributed by atoms with E-state index in [0.29, 0.717) is 16.9 Å². The van der Waals surface area contributed by atoms with Crippen LogP contribution in [0.25, 0.3) is 22.2 Å². The zero-order chi connectivity index (χ0) is 35.3. The van der Waals surface area contributed by atoms with Gasteiger partial charge in [0.2, 0.25) is 11.9 Å². The van der Waals surface area contributed by atoms with Crippen LogP contribution >= 0.6 is 15.0 Å². The summed E-state index contributed by atoms with van der Waals surface area (Å²) in [6, 6.07) is 3.63. The number of imidazole rings is 2. The summed E-state index contributed by atoms with van der Waals surface area (Å²) >= 11 is 5.55. The van der Waals surface area contributed by atoms with Gasteiger partial charge in [-0.1, -0.05) is 13.8 Å². The number of halogens is 1. The number of aliphatic hydroxyl groups excluding tert-OH is 1. The molecule has 6 atom stereocenters. The van der Waals surface area contributed by atoms with E-state index in [1.165, 1.54) is 0 Å². The maximum absolute atomic E-state index is 15.9. The summed E-state index contributed by atoms with van der Waals surface area (Å²) in [5, 5.41) is 21.3. The van der Waals surface area contributed by atoms with Gasteiger partial charge in [-0.3, -0.25) is 29.4 Å². The second-order valence-electron chi connectivity index (χ2n) is 10.7. The smallest absolute Gasteiger partial charge is 0.388 e. The fraction of sp³-hybridized carbons (Fsp3) is 0.500. The minimum atomic E-state index is -3.67. The molecular formula is C26H31FN9O10P2S+. The van der Waals surface area contributed by atoms with Crippen molar-refractivity contribution in [2.45, 2.75) is 58.0 Å². The SMILES string of the molecule is CC(C)C(=O)Nc1nc2c(ncn2[C@@H]2O[C@H](COP(=S)(OCCC#N)OCCn3c(CO)nc4cnccc43)[C@@H](F)[C@H]2O[P+](=O)O)c(=O)[nH]1. The van der Waals surface area contributed by atoms with E-state index >= 15 is 4.39 Å². The van der Waals surface area contributed by atoms with Crippen LogP contribution < -0.4 is 10.9 Å². The lowest BCUT2D eigenvalue weighted by molar-refractivity contribution is -0.118. The molecule has 0 aliphatic carbocycles. The average Bonchev–Trinajstić information content (AvgIpc) is 3.74. The van der Waals surface area contributed by atoms with Crippen LogP contribution in [0.2, 0.25) is 0 Å². The van der Waals surface area contributed by atoms with E-state index in [4.69, 9.17) is 39.9 Å². The number of aromatic amines is 1. The Kier molecular flexibility index (Phi) is 11.9. The highest BCUT2D eigenvalue weighted by atomic mass is 32.5. The van der Waals surface area contributed by atoms with Crippen molar-refractivity contribution < 1.29 is 46.6 Å². The number of aromatic nitrogens is 7. The highest BCUT2D eigenvalue weighted by molar-refractivity contribution is 8.07. The monoisotopic (exact) mass is 742 g/mol. The predicted octanol–water partition coefficient (Wildman–Crippen LogP) is 2.11. The van der Waals surface area contributed by atoms with E-state index in [-0.39, 0.29) is 49.9 Å². The number of anilines is 1. The topological polar surface area (TPSA) is 251 Å². The van der Waals surface area contributed by atoms with Gasteiger partial charge in [0.05, 0.1) is 50.4 Å². The summed E-state index contributed by atoms with van der Waals surface area (Å²) in [6.07, 6.45) is -2.59. The number of nitrogens with one attached hydrogen (secondary N) is 2. The van der Waals surface area contributed by atoms with E-state index in [2.05, 4.69) is 30.2 Å². The first kappa shape index (κ1) is 36.6. The van der Waals surface area contributed by atoms with Crippen LogP contribution in [0.4, 0.5) is 10.3 Å². The summed E-state index contributed by atoms with van der Waals surface area (Å²) in [5.41, 5.74) is 0.190. The normalized spacial score (nSPS) is 20.9. The highest BCUT2D eigenvalue weighted by Crippen LogP contribution is 2.51. The number of alkyl halides is 1. The minimum Gasteiger partial charge on any atom is -0.388 e. The third kappa shape index (κ3) is 8.38. The van der Waals surface area contributed by atoms with Crippen molar-refractivity contribution >= 4 is 60.8 Å². The number of rotatable bonds is 16. The molecule has 262 valence electrons. The van der Waals surface area contributed by atoms with Gasteiger partial charge in [0.1, 0.15) is 24.1 Å². The van der Waals surface area contributed by atoms with Crippen molar-refractivity contribution in [3.63, 3.8) is 0 Å². The lowest BCUT2D eigenvalue weighted by atomic mass is 10.1. The molecule has 0 aromatic carbocycles. The quantitative estimate of drug-likeness (QED) is 0.0948. The van der Waals surface area contributed by atoms with Crippen LogP contribution in [0, 0.1) is 17.2 Å². The second kappa shape index (κ2) is 15.9. The molecule has 49 heavy (non-hydrogen) atoms. The van der Waals surface area contributed by atoms with Crippen molar-refractivity contribution in [2.24, 2.45) is 5.92 Å². The molecule has 5 heterocycles. The van der Waals surface area contributed by atoms with Gasteiger partial charge >= 0.3 is 15.0 Å². The summed E-state index contributed by atoms with van der Waals surface area (Å²) < 4.78 is 58.6. The number of amides is 1. The molecule has 23 heteroatoms. The first-order chi connectivity index (χ1) is 23.4. The molecule has 5 rings (SSSR count). The number of nitriles is 1. The third-order valence-corrected chi connectivity index (χ3v) is 9.98. The van der Waals surface area contributed by atoms with Gasteiger partial charge in [-0.25, -0.2) is 14.4 Å². The van der Waals surface area contributed by atoms with Crippen LogP contribution in [0.1, 0.15) is 32.3 Å². The minimum absolute atomic E-state index is 0.0500. The molecule has 2 unspecified atom stereocenters. The highest BCUT2D eigenvalue weighted by Gasteiger charge is 2.52. The summed E-state index contributed by atoms with van der Waals surface area (Å²) in [7, 11) is -3.33. The van der Waals surface area contributed by atoms with E-state index in [1.54, 1.807) is 36.9 Å². The van der Waals surface area contributed by atoms with E-state index in [9.17, 15) is 24.2 Å². The van der Waals surface area contributed by atoms with E-state index in [1.807, 2.05) is 6.07 Å². The predicted molar refractivity (Wildman–Crippen MR) is 171 cm³/mol. The standard InChI is InChI=1S/C26H30FN9O10P2S/c1-14(2)23(38)33-26-32-22-20(24(39)34-26)30-13-36(22)25-21(46-47(40)41)19(27)17(45-25)12-44-48(49,42-8-3-5-28)43-9-7-35-16-4-6-29-10-15(16)31-18(35)11-37/h4,6,10,13-14,17,19,21,25,37H,3,7-9,11-12H2,1-2H3,(H2-,32,33,34,38,39,40,41)/p+1/t17-,19-,21-,25-,48?/m1/s1. The van der Waals surface area contributed by atoms with Crippen LogP contribution in [-0.2, 0) is 57.1 Å². The third-order valence-electron chi connectivity index (χ3n) is 7.14. The van der Waals surface area contributed by atoms with Gasteiger partial charge in [-0.05, 0) is 17.9 Å². The zero-order valence-electron chi connectivity index (χ0n) is 25.9. The number of H-pyrrole nitrogens is 1. The molecule has 1 saturated heterocycles.